The molecule has 2 unspecified atom stereocenters. The van der Waals surface area contributed by atoms with E-state index in [-0.39, 0.29) is 18.8 Å². The topological polar surface area (TPSA) is 108 Å². The molecular weight excluding hydrogens is 632 g/mol. The van der Waals surface area contributed by atoms with Crippen LogP contribution in [-0.2, 0) is 11.2 Å². The highest BCUT2D eigenvalue weighted by Gasteiger charge is 2.31. The first-order valence-corrected chi connectivity index (χ1v) is 16.3. The van der Waals surface area contributed by atoms with Gasteiger partial charge in [0.25, 0.3) is 0 Å². The van der Waals surface area contributed by atoms with Gasteiger partial charge in [-0.3, -0.25) is 5.21 Å². The zero-order valence-corrected chi connectivity index (χ0v) is 28.3. The van der Waals surface area contributed by atoms with Crippen LogP contribution >= 0.6 is 23.4 Å². The lowest BCUT2D eigenvalue weighted by molar-refractivity contribution is -0.0371. The molecule has 1 heterocycles. The Morgan fingerprint density at radius 2 is 1.54 bits per heavy atom. The maximum absolute atomic E-state index is 12.0. The molecule has 46 heavy (non-hydrogen) atoms. The molecule has 10 nitrogen and oxygen atoms in total. The van der Waals surface area contributed by atoms with Crippen LogP contribution < -0.4 is 29.0 Å². The summed E-state index contributed by atoms with van der Waals surface area (Å²) < 4.78 is 35.3. The van der Waals surface area contributed by atoms with E-state index >= 15 is 0 Å². The summed E-state index contributed by atoms with van der Waals surface area (Å²) in [6.07, 6.45) is 4.95. The quantitative estimate of drug-likeness (QED) is 0.0730. The van der Waals surface area contributed by atoms with Gasteiger partial charge in [0.05, 0.1) is 47.3 Å². The summed E-state index contributed by atoms with van der Waals surface area (Å²) in [5.74, 6) is 3.61. The van der Waals surface area contributed by atoms with Gasteiger partial charge in [0, 0.05) is 34.0 Å². The van der Waals surface area contributed by atoms with E-state index in [1.165, 1.54) is 6.20 Å². The van der Waals surface area contributed by atoms with Gasteiger partial charge in [-0.15, -0.1) is 11.8 Å². The van der Waals surface area contributed by atoms with Gasteiger partial charge in [-0.1, -0.05) is 17.7 Å². The van der Waals surface area contributed by atoms with E-state index < -0.39 is 6.03 Å². The third-order valence-electron chi connectivity index (χ3n) is 7.43. The molecule has 0 saturated carbocycles. The van der Waals surface area contributed by atoms with E-state index in [2.05, 4.69) is 11.4 Å². The number of ether oxygens (including phenoxy) is 6. The van der Waals surface area contributed by atoms with Crippen LogP contribution in [0.2, 0.25) is 5.02 Å². The summed E-state index contributed by atoms with van der Waals surface area (Å²) in [5, 5.41) is 13.5. The average Bonchev–Trinajstić information content (AvgIpc) is 3.58. The van der Waals surface area contributed by atoms with Crippen molar-refractivity contribution in [1.82, 2.24) is 10.4 Å². The van der Waals surface area contributed by atoms with Crippen LogP contribution in [-0.4, -0.2) is 63.6 Å². The molecule has 0 bridgehead atoms. The molecule has 2 N–H and O–H groups in total. The number of benzene rings is 3. The number of carbonyl (C=O) groups excluding carboxylic acids is 1. The monoisotopic (exact) mass is 672 g/mol. The van der Waals surface area contributed by atoms with Crippen LogP contribution in [0.3, 0.4) is 0 Å². The number of hydrogen-bond donors (Lipinski definition) is 2. The third-order valence-corrected chi connectivity index (χ3v) is 8.66. The smallest absolute Gasteiger partial charge is 0.345 e. The number of urea groups is 1. The highest BCUT2D eigenvalue weighted by Crippen LogP contribution is 2.47. The fourth-order valence-electron chi connectivity index (χ4n) is 5.12. The maximum atomic E-state index is 12.0. The molecule has 0 aromatic heterocycles. The highest BCUT2D eigenvalue weighted by molar-refractivity contribution is 7.99. The molecule has 1 aliphatic heterocycles. The van der Waals surface area contributed by atoms with E-state index in [9.17, 15) is 10.0 Å². The molecule has 0 spiro atoms. The predicted octanol–water partition coefficient (Wildman–Crippen LogP) is 7.62. The second-order valence-corrected chi connectivity index (χ2v) is 11.9. The molecule has 12 heteroatoms. The Balaban J connectivity index is 1.55. The summed E-state index contributed by atoms with van der Waals surface area (Å²) in [6.45, 7) is 2.28. The van der Waals surface area contributed by atoms with Crippen LogP contribution in [0, 0.1) is 0 Å². The minimum atomic E-state index is -0.613. The van der Waals surface area contributed by atoms with Crippen molar-refractivity contribution in [2.24, 2.45) is 0 Å². The van der Waals surface area contributed by atoms with E-state index in [0.29, 0.717) is 57.6 Å². The standard InChI is InChI=1S/C34H41ClN2O8S/c1-6-37(39)34(38)36-15-7-8-22-18-23(19-29(40-2)32(22)44-16-17-46-26-11-9-25(35)10-12-26)27-13-14-28(45-27)24-20-30(41-3)33(43-5)31(21-24)42-4/h7,9-12,15,18-21,27-28,39H,6,8,13-14,16-17H2,1-5H3,(H,36,38)/b15-7+. The van der Waals surface area contributed by atoms with E-state index in [1.54, 1.807) is 53.2 Å². The highest BCUT2D eigenvalue weighted by atomic mass is 35.5. The van der Waals surface area contributed by atoms with Gasteiger partial charge in [-0.25, -0.2) is 9.86 Å². The zero-order chi connectivity index (χ0) is 33.1. The van der Waals surface area contributed by atoms with Crippen molar-refractivity contribution in [3.63, 3.8) is 0 Å². The number of nitrogens with one attached hydrogen (secondary N) is 1. The van der Waals surface area contributed by atoms with Crippen molar-refractivity contribution < 1.29 is 38.4 Å². The van der Waals surface area contributed by atoms with Crippen molar-refractivity contribution in [1.29, 1.82) is 0 Å². The van der Waals surface area contributed by atoms with Gasteiger partial charge < -0.3 is 33.7 Å². The lowest BCUT2D eigenvalue weighted by Crippen LogP contribution is -2.34. The van der Waals surface area contributed by atoms with Crippen LogP contribution in [0.1, 0.15) is 48.7 Å². The molecule has 3 aromatic carbocycles. The van der Waals surface area contributed by atoms with Crippen LogP contribution in [0.4, 0.5) is 4.79 Å². The van der Waals surface area contributed by atoms with Gasteiger partial charge in [0.2, 0.25) is 5.75 Å². The van der Waals surface area contributed by atoms with Crippen molar-refractivity contribution in [3.05, 3.63) is 82.5 Å². The van der Waals surface area contributed by atoms with Crippen molar-refractivity contribution in [3.8, 4) is 28.7 Å². The van der Waals surface area contributed by atoms with Gasteiger partial charge in [0.15, 0.2) is 23.0 Å². The molecule has 2 atom stereocenters. The molecule has 3 aromatic rings. The zero-order valence-electron chi connectivity index (χ0n) is 26.7. The van der Waals surface area contributed by atoms with Crippen molar-refractivity contribution >= 4 is 29.4 Å². The Labute approximate surface area is 279 Å². The molecule has 1 saturated heterocycles. The second kappa shape index (κ2) is 17.2. The number of carbonyl (C=O) groups is 1. The Morgan fingerprint density at radius 1 is 0.957 bits per heavy atom. The minimum absolute atomic E-state index is 0.170. The fourth-order valence-corrected chi connectivity index (χ4v) is 5.98. The molecule has 1 fully saturated rings. The molecule has 2 amide bonds. The van der Waals surface area contributed by atoms with E-state index in [4.69, 9.17) is 40.0 Å². The molecule has 248 valence electrons. The lowest BCUT2D eigenvalue weighted by atomic mass is 9.99. The Hall–Kier alpha value is -3.77. The largest absolute Gasteiger partial charge is 0.493 e. The number of amides is 2. The van der Waals surface area contributed by atoms with Gasteiger partial charge in [-0.05, 0) is 85.8 Å². The number of hydrogen-bond acceptors (Lipinski definition) is 9. The Kier molecular flexibility index (Phi) is 13.1. The van der Waals surface area contributed by atoms with Gasteiger partial charge in [0.1, 0.15) is 0 Å². The van der Waals surface area contributed by atoms with Crippen LogP contribution in [0.25, 0.3) is 0 Å². The first-order valence-electron chi connectivity index (χ1n) is 14.9. The van der Waals surface area contributed by atoms with E-state index in [0.717, 1.165) is 34.4 Å². The fraction of sp³-hybridized carbons (Fsp3) is 0.382. The number of methoxy groups -OCH3 is 4. The van der Waals surface area contributed by atoms with E-state index in [1.807, 2.05) is 42.5 Å². The number of thioether (sulfide) groups is 1. The summed E-state index contributed by atoms with van der Waals surface area (Å²) in [6, 6.07) is 14.9. The predicted molar refractivity (Wildman–Crippen MR) is 178 cm³/mol. The molecule has 4 rings (SSSR count). The Bertz CT molecular complexity index is 1460. The van der Waals surface area contributed by atoms with Crippen LogP contribution in [0.5, 0.6) is 28.7 Å². The molecule has 0 radical (unpaired) electrons. The number of nitrogens with zero attached hydrogens (tertiary/aromatic N) is 1. The number of halogens is 1. The second-order valence-electron chi connectivity index (χ2n) is 10.3. The third kappa shape index (κ3) is 8.94. The normalized spacial score (nSPS) is 15.9. The number of rotatable bonds is 15. The van der Waals surface area contributed by atoms with Gasteiger partial charge >= 0.3 is 6.03 Å². The lowest BCUT2D eigenvalue weighted by Gasteiger charge is -2.20. The average molecular weight is 673 g/mol. The molecule has 0 aliphatic carbocycles. The first-order chi connectivity index (χ1) is 22.3. The summed E-state index contributed by atoms with van der Waals surface area (Å²) in [4.78, 5) is 13.1. The molecule has 1 aliphatic rings. The Morgan fingerprint density at radius 3 is 2.11 bits per heavy atom. The number of hydroxylamine groups is 2. The van der Waals surface area contributed by atoms with Crippen LogP contribution in [0.15, 0.2) is 65.7 Å². The minimum Gasteiger partial charge on any atom is -0.493 e. The number of allylic oxidation sites excluding steroid dienone is 1. The SMILES string of the molecule is CCN(O)C(=O)N/C=C/Cc1cc(C2CCC(c3cc(OC)c(OC)c(OC)c3)O2)cc(OC)c1OCCSc1ccc(Cl)cc1. The van der Waals surface area contributed by atoms with Gasteiger partial charge in [-0.2, -0.15) is 0 Å². The maximum Gasteiger partial charge on any atom is 0.345 e. The van der Waals surface area contributed by atoms with Crippen molar-refractivity contribution in [2.75, 3.05) is 47.3 Å². The summed E-state index contributed by atoms with van der Waals surface area (Å²) in [7, 11) is 6.38. The summed E-state index contributed by atoms with van der Waals surface area (Å²) in [5.41, 5.74) is 2.76. The molecular formula is C34H41ClN2O8S. The first kappa shape index (κ1) is 35.1. The van der Waals surface area contributed by atoms with Crippen molar-refractivity contribution in [2.45, 2.75) is 43.3 Å². The summed E-state index contributed by atoms with van der Waals surface area (Å²) >= 11 is 7.68.